The zero-order chi connectivity index (χ0) is 19.9. The van der Waals surface area contributed by atoms with Gasteiger partial charge in [-0.25, -0.2) is 0 Å². The van der Waals surface area contributed by atoms with Gasteiger partial charge in [-0.15, -0.1) is 0 Å². The van der Waals surface area contributed by atoms with Crippen LogP contribution in [0.3, 0.4) is 0 Å². The van der Waals surface area contributed by atoms with Crippen LogP contribution < -0.4 is 20.1 Å². The van der Waals surface area contributed by atoms with Crippen LogP contribution in [0.2, 0.25) is 0 Å². The second-order valence-corrected chi connectivity index (χ2v) is 7.65. The largest absolute Gasteiger partial charge is 0.486 e. The lowest BCUT2D eigenvalue weighted by molar-refractivity contribution is -0.124. The summed E-state index contributed by atoms with van der Waals surface area (Å²) < 4.78 is 11.0. The Morgan fingerprint density at radius 3 is 2.54 bits per heavy atom. The number of likely N-dealkylation sites (N-methyl/N-ethyl adjacent to an activating group) is 1. The van der Waals surface area contributed by atoms with Gasteiger partial charge in [-0.05, 0) is 37.4 Å². The Kier molecular flexibility index (Phi) is 7.14. The van der Waals surface area contributed by atoms with Crippen molar-refractivity contribution in [2.45, 2.75) is 45.6 Å². The second-order valence-electron chi connectivity index (χ2n) is 7.65. The van der Waals surface area contributed by atoms with Gasteiger partial charge >= 0.3 is 0 Å². The van der Waals surface area contributed by atoms with Gasteiger partial charge in [-0.2, -0.15) is 0 Å². The van der Waals surface area contributed by atoms with Gasteiger partial charge in [-0.3, -0.25) is 14.5 Å². The first-order chi connectivity index (χ1) is 13.5. The summed E-state index contributed by atoms with van der Waals surface area (Å²) in [5.74, 6) is 1.68. The van der Waals surface area contributed by atoms with Crippen LogP contribution in [0.1, 0.15) is 39.5 Å². The molecule has 1 aliphatic carbocycles. The van der Waals surface area contributed by atoms with Crippen LogP contribution in [0.15, 0.2) is 18.2 Å². The number of rotatable bonds is 7. The third-order valence-corrected chi connectivity index (χ3v) is 5.47. The lowest BCUT2D eigenvalue weighted by Crippen LogP contribution is -2.47. The molecule has 1 heterocycles. The zero-order valence-corrected chi connectivity index (χ0v) is 16.8. The molecule has 1 aliphatic heterocycles. The molecule has 1 fully saturated rings. The first-order valence-corrected chi connectivity index (χ1v) is 10.3. The lowest BCUT2D eigenvalue weighted by atomic mass is 9.86. The number of carbonyl (C=O) groups excluding carboxylic acids is 2. The molecule has 7 heteroatoms. The summed E-state index contributed by atoms with van der Waals surface area (Å²) >= 11 is 0. The fourth-order valence-electron chi connectivity index (χ4n) is 3.79. The summed E-state index contributed by atoms with van der Waals surface area (Å²) in [7, 11) is 0. The van der Waals surface area contributed by atoms with E-state index in [4.69, 9.17) is 9.47 Å². The molecule has 3 rings (SSSR count). The molecule has 1 aromatic rings. The highest BCUT2D eigenvalue weighted by molar-refractivity contribution is 5.93. The molecule has 1 aromatic carbocycles. The number of carbonyl (C=O) groups is 2. The Labute approximate surface area is 166 Å². The fraction of sp³-hybridized carbons (Fsp3) is 0.619. The lowest BCUT2D eigenvalue weighted by Gasteiger charge is -2.30. The summed E-state index contributed by atoms with van der Waals surface area (Å²) in [5, 5.41) is 6.02. The van der Waals surface area contributed by atoms with Gasteiger partial charge in [0.05, 0.1) is 13.1 Å². The highest BCUT2D eigenvalue weighted by Crippen LogP contribution is 2.32. The van der Waals surface area contributed by atoms with Crippen LogP contribution in [-0.4, -0.2) is 55.6 Å². The number of hydrogen-bond donors (Lipinski definition) is 2. The van der Waals surface area contributed by atoms with E-state index in [1.165, 1.54) is 19.3 Å². The Morgan fingerprint density at radius 1 is 1.07 bits per heavy atom. The molecule has 0 saturated heterocycles. The normalized spacial score (nSPS) is 21.2. The molecule has 0 aromatic heterocycles. The molecule has 2 amide bonds. The molecule has 154 valence electrons. The highest BCUT2D eigenvalue weighted by atomic mass is 16.6. The number of nitrogens with one attached hydrogen (secondary N) is 2. The Morgan fingerprint density at radius 2 is 1.79 bits per heavy atom. The van der Waals surface area contributed by atoms with Crippen LogP contribution in [0, 0.1) is 5.92 Å². The van der Waals surface area contributed by atoms with Crippen molar-refractivity contribution in [1.29, 1.82) is 0 Å². The average Bonchev–Trinajstić information content (AvgIpc) is 2.69. The van der Waals surface area contributed by atoms with Crippen molar-refractivity contribution in [3.63, 3.8) is 0 Å². The van der Waals surface area contributed by atoms with E-state index in [-0.39, 0.29) is 30.9 Å². The maximum absolute atomic E-state index is 12.4. The van der Waals surface area contributed by atoms with Crippen LogP contribution in [0.25, 0.3) is 0 Å². The van der Waals surface area contributed by atoms with Crippen molar-refractivity contribution in [3.8, 4) is 11.5 Å². The number of ether oxygens (including phenoxy) is 2. The molecule has 1 saturated carbocycles. The van der Waals surface area contributed by atoms with Gasteiger partial charge < -0.3 is 20.1 Å². The van der Waals surface area contributed by atoms with Crippen LogP contribution in [0.4, 0.5) is 5.69 Å². The van der Waals surface area contributed by atoms with Gasteiger partial charge in [0.2, 0.25) is 11.8 Å². The monoisotopic (exact) mass is 389 g/mol. The molecule has 0 bridgehead atoms. The van der Waals surface area contributed by atoms with Crippen molar-refractivity contribution < 1.29 is 19.1 Å². The van der Waals surface area contributed by atoms with Crippen molar-refractivity contribution in [2.24, 2.45) is 5.92 Å². The predicted molar refractivity (Wildman–Crippen MR) is 108 cm³/mol. The van der Waals surface area contributed by atoms with E-state index < -0.39 is 0 Å². The molecular weight excluding hydrogens is 358 g/mol. The smallest absolute Gasteiger partial charge is 0.238 e. The molecule has 0 unspecified atom stereocenters. The zero-order valence-electron chi connectivity index (χ0n) is 16.8. The van der Waals surface area contributed by atoms with Crippen molar-refractivity contribution in [2.75, 3.05) is 38.2 Å². The van der Waals surface area contributed by atoms with Gasteiger partial charge in [0.15, 0.2) is 11.5 Å². The van der Waals surface area contributed by atoms with Crippen LogP contribution in [-0.2, 0) is 9.59 Å². The number of fused-ring (bicyclic) bond motifs is 1. The minimum atomic E-state index is -0.155. The van der Waals surface area contributed by atoms with Gasteiger partial charge in [-0.1, -0.05) is 26.7 Å². The Bertz CT molecular complexity index is 694. The van der Waals surface area contributed by atoms with E-state index in [9.17, 15) is 9.59 Å². The number of nitrogens with zero attached hydrogens (tertiary/aromatic N) is 1. The van der Waals surface area contributed by atoms with Gasteiger partial charge in [0.25, 0.3) is 0 Å². The highest BCUT2D eigenvalue weighted by Gasteiger charge is 2.23. The van der Waals surface area contributed by atoms with Crippen molar-refractivity contribution >= 4 is 17.5 Å². The topological polar surface area (TPSA) is 79.9 Å². The van der Waals surface area contributed by atoms with Gasteiger partial charge in [0, 0.05) is 17.8 Å². The number of amides is 2. The molecule has 2 atom stereocenters. The number of hydrogen-bond acceptors (Lipinski definition) is 5. The minimum Gasteiger partial charge on any atom is -0.486 e. The maximum Gasteiger partial charge on any atom is 0.238 e. The first-order valence-electron chi connectivity index (χ1n) is 10.3. The van der Waals surface area contributed by atoms with Crippen molar-refractivity contribution in [3.05, 3.63) is 18.2 Å². The third-order valence-electron chi connectivity index (χ3n) is 5.47. The quantitative estimate of drug-likeness (QED) is 0.749. The standard InChI is InChI=1S/C21H31N3O4/c1-3-24(14-21(26)23-17-7-5-4-6-15(17)2)13-20(25)22-16-8-9-18-19(12-16)28-11-10-27-18/h8-9,12,15,17H,3-7,10-11,13-14H2,1-2H3,(H,22,25)(H,23,26)/t15-,17-/m0/s1. The molecule has 2 aliphatic rings. The first kappa shape index (κ1) is 20.5. The van der Waals surface area contributed by atoms with E-state index in [1.54, 1.807) is 18.2 Å². The molecule has 7 nitrogen and oxygen atoms in total. The second kappa shape index (κ2) is 9.78. The molecular formula is C21H31N3O4. The SMILES string of the molecule is CCN(CC(=O)Nc1ccc2c(c1)OCCO2)CC(=O)N[C@H]1CCCC[C@@H]1C. The summed E-state index contributed by atoms with van der Waals surface area (Å²) in [6, 6.07) is 5.60. The van der Waals surface area contributed by atoms with Crippen LogP contribution in [0.5, 0.6) is 11.5 Å². The Hall–Kier alpha value is -2.28. The fourth-order valence-corrected chi connectivity index (χ4v) is 3.79. The minimum absolute atomic E-state index is 0.00673. The number of anilines is 1. The van der Waals surface area contributed by atoms with Crippen LogP contribution >= 0.6 is 0 Å². The predicted octanol–water partition coefficient (Wildman–Crippen LogP) is 2.41. The van der Waals surface area contributed by atoms with E-state index in [1.807, 2.05) is 11.8 Å². The molecule has 0 spiro atoms. The molecule has 2 N–H and O–H groups in total. The summed E-state index contributed by atoms with van der Waals surface area (Å²) in [6.45, 7) is 6.21. The number of benzene rings is 1. The van der Waals surface area contributed by atoms with E-state index in [0.29, 0.717) is 42.9 Å². The van der Waals surface area contributed by atoms with E-state index in [0.717, 1.165) is 6.42 Å². The van der Waals surface area contributed by atoms with Gasteiger partial charge in [0.1, 0.15) is 13.2 Å². The van der Waals surface area contributed by atoms with Crippen molar-refractivity contribution in [1.82, 2.24) is 10.2 Å². The third kappa shape index (κ3) is 5.61. The molecule has 0 radical (unpaired) electrons. The molecule has 28 heavy (non-hydrogen) atoms. The average molecular weight is 389 g/mol. The summed E-state index contributed by atoms with van der Waals surface area (Å²) in [5.41, 5.74) is 0.658. The summed E-state index contributed by atoms with van der Waals surface area (Å²) in [4.78, 5) is 26.7. The summed E-state index contributed by atoms with van der Waals surface area (Å²) in [6.07, 6.45) is 4.63. The Balaban J connectivity index is 1.48. The van der Waals surface area contributed by atoms with E-state index in [2.05, 4.69) is 17.6 Å². The van der Waals surface area contributed by atoms with E-state index >= 15 is 0 Å². The maximum atomic E-state index is 12.4.